The van der Waals surface area contributed by atoms with E-state index in [9.17, 15) is 8.78 Å². The van der Waals surface area contributed by atoms with Gasteiger partial charge in [-0.1, -0.05) is 55.8 Å². The Morgan fingerprint density at radius 1 is 0.846 bits per heavy atom. The molecule has 6 nitrogen and oxygen atoms in total. The fourth-order valence-corrected chi connectivity index (χ4v) is 8.54. The Bertz CT molecular complexity index is 1830. The molecule has 3 heterocycles. The van der Waals surface area contributed by atoms with Gasteiger partial charge in [0, 0.05) is 61.1 Å². The summed E-state index contributed by atoms with van der Waals surface area (Å²) in [4.78, 5) is 16.8. The summed E-state index contributed by atoms with van der Waals surface area (Å²) in [6.45, 7) is 10.2. The number of hydrogen-bond donors (Lipinski definition) is 0. The largest absolute Gasteiger partial charge is 0.497 e. The van der Waals surface area contributed by atoms with Gasteiger partial charge in [0.05, 0.1) is 25.5 Å². The van der Waals surface area contributed by atoms with Gasteiger partial charge in [0.1, 0.15) is 5.75 Å². The minimum atomic E-state index is -2.71. The predicted octanol–water partition coefficient (Wildman–Crippen LogP) is 10.5. The van der Waals surface area contributed by atoms with Crippen molar-refractivity contribution in [2.45, 2.75) is 116 Å². The molecular formula is C43H51F3N4O2. The topological polar surface area (TPSA) is 60.4 Å². The molecule has 9 heteroatoms. The molecule has 2 unspecified atom stereocenters. The molecule has 2 atom stereocenters. The number of alkyl halides is 3. The summed E-state index contributed by atoms with van der Waals surface area (Å²) in [5.74, 6) is -1.46. The van der Waals surface area contributed by atoms with Crippen molar-refractivity contribution in [3.63, 3.8) is 0 Å². The third-order valence-electron chi connectivity index (χ3n) is 11.4. The van der Waals surface area contributed by atoms with Gasteiger partial charge >= 0.3 is 0 Å². The van der Waals surface area contributed by atoms with Crippen LogP contribution in [-0.4, -0.2) is 41.1 Å². The average Bonchev–Trinajstić information content (AvgIpc) is 3.13. The number of methoxy groups -OCH3 is 1. The van der Waals surface area contributed by atoms with E-state index in [2.05, 4.69) is 28.7 Å². The van der Waals surface area contributed by atoms with Gasteiger partial charge in [-0.15, -0.1) is 0 Å². The lowest BCUT2D eigenvalue weighted by Gasteiger charge is -2.42. The molecule has 1 aliphatic heterocycles. The van der Waals surface area contributed by atoms with Crippen LogP contribution in [-0.2, 0) is 17.8 Å². The number of pyridine rings is 1. The standard InChI is InChI=1S/C43H51F3N4O2/c1-27-6-10-31(11-7-27)39(44)38-36(30-14-18-43(45,46)19-15-30)37-34(22-42(3,4)23-35(37)52-26-29-8-12-33(51-5)13-9-29)49-40(38)32-16-20-50(21-17-32)41-47-24-28(2)25-48-41/h6-13,24-25,30,32,35,39H,14-23,26H2,1-5H3. The SMILES string of the molecule is COc1ccc(COC2CC(C)(C)Cc3nc(C4CCN(c5ncc(C)cn5)CC4)c(C(F)c4ccc(C)cc4)c(C4CCC(F)(F)CC4)c32)cc1. The first kappa shape index (κ1) is 36.4. The molecule has 4 aromatic rings. The van der Waals surface area contributed by atoms with Crippen LogP contribution in [0.2, 0.25) is 0 Å². The second kappa shape index (κ2) is 14.8. The fourth-order valence-electron chi connectivity index (χ4n) is 8.54. The van der Waals surface area contributed by atoms with Crippen LogP contribution in [0.3, 0.4) is 0 Å². The molecule has 0 radical (unpaired) electrons. The summed E-state index contributed by atoms with van der Waals surface area (Å²) < 4.78 is 59.4. The first-order valence-electron chi connectivity index (χ1n) is 18.8. The second-order valence-electron chi connectivity index (χ2n) is 16.1. The number of aromatic nitrogens is 3. The molecule has 0 amide bonds. The van der Waals surface area contributed by atoms with Crippen LogP contribution in [0.25, 0.3) is 0 Å². The van der Waals surface area contributed by atoms with Crippen LogP contribution < -0.4 is 9.64 Å². The van der Waals surface area contributed by atoms with Gasteiger partial charge in [-0.2, -0.15) is 0 Å². The van der Waals surface area contributed by atoms with Crippen molar-refractivity contribution < 1.29 is 22.6 Å². The zero-order chi connectivity index (χ0) is 36.6. The number of ether oxygens (including phenoxy) is 2. The minimum absolute atomic E-state index is 0.00168. The molecule has 52 heavy (non-hydrogen) atoms. The van der Waals surface area contributed by atoms with Crippen molar-refractivity contribution in [1.29, 1.82) is 0 Å². The number of halogens is 3. The highest BCUT2D eigenvalue weighted by Gasteiger charge is 2.44. The summed E-state index contributed by atoms with van der Waals surface area (Å²) in [7, 11) is 1.64. The number of hydrogen-bond acceptors (Lipinski definition) is 6. The summed E-state index contributed by atoms with van der Waals surface area (Å²) in [6, 6.07) is 15.4. The monoisotopic (exact) mass is 712 g/mol. The molecule has 0 N–H and O–H groups in total. The maximum Gasteiger partial charge on any atom is 0.248 e. The zero-order valence-corrected chi connectivity index (χ0v) is 31.1. The normalized spacial score (nSPS) is 21.1. The van der Waals surface area contributed by atoms with Gasteiger partial charge in [-0.25, -0.2) is 23.1 Å². The highest BCUT2D eigenvalue weighted by molar-refractivity contribution is 5.51. The first-order chi connectivity index (χ1) is 24.9. The third kappa shape index (κ3) is 7.85. The number of aryl methyl sites for hydroxylation is 2. The van der Waals surface area contributed by atoms with Crippen molar-refractivity contribution in [3.05, 3.63) is 111 Å². The average molecular weight is 713 g/mol. The lowest BCUT2D eigenvalue weighted by atomic mass is 9.68. The van der Waals surface area contributed by atoms with Gasteiger partial charge in [0.25, 0.3) is 0 Å². The zero-order valence-electron chi connectivity index (χ0n) is 31.1. The van der Waals surface area contributed by atoms with E-state index < -0.39 is 12.1 Å². The van der Waals surface area contributed by atoms with Gasteiger partial charge in [-0.05, 0) is 98.1 Å². The predicted molar refractivity (Wildman–Crippen MR) is 198 cm³/mol. The van der Waals surface area contributed by atoms with Crippen LogP contribution in [0, 0.1) is 19.3 Å². The van der Waals surface area contributed by atoms with Crippen molar-refractivity contribution in [1.82, 2.24) is 15.0 Å². The molecule has 2 aromatic carbocycles. The third-order valence-corrected chi connectivity index (χ3v) is 11.4. The van der Waals surface area contributed by atoms with E-state index in [1.165, 1.54) is 0 Å². The Balaban J connectivity index is 1.35. The molecule has 7 rings (SSSR count). The van der Waals surface area contributed by atoms with E-state index in [0.717, 1.165) is 77.3 Å². The molecule has 0 bridgehead atoms. The van der Waals surface area contributed by atoms with E-state index in [0.29, 0.717) is 42.9 Å². The van der Waals surface area contributed by atoms with Crippen LogP contribution in [0.5, 0.6) is 5.75 Å². The van der Waals surface area contributed by atoms with Gasteiger partial charge in [0.2, 0.25) is 11.9 Å². The molecule has 0 spiro atoms. The van der Waals surface area contributed by atoms with Crippen molar-refractivity contribution in [2.24, 2.45) is 5.41 Å². The van der Waals surface area contributed by atoms with Crippen LogP contribution >= 0.6 is 0 Å². The van der Waals surface area contributed by atoms with Crippen molar-refractivity contribution in [2.75, 3.05) is 25.1 Å². The minimum Gasteiger partial charge on any atom is -0.497 e. The quantitative estimate of drug-likeness (QED) is 0.172. The second-order valence-corrected chi connectivity index (χ2v) is 16.1. The maximum atomic E-state index is 17.7. The van der Waals surface area contributed by atoms with E-state index in [1.54, 1.807) is 7.11 Å². The number of piperidine rings is 1. The molecule has 3 aliphatic rings. The Labute approximate surface area is 306 Å². The van der Waals surface area contributed by atoms with Crippen molar-refractivity contribution in [3.8, 4) is 5.75 Å². The van der Waals surface area contributed by atoms with Gasteiger partial charge in [-0.3, -0.25) is 4.98 Å². The summed E-state index contributed by atoms with van der Waals surface area (Å²) in [5, 5.41) is 0. The molecule has 2 fully saturated rings. The lowest BCUT2D eigenvalue weighted by molar-refractivity contribution is -0.0390. The maximum absolute atomic E-state index is 17.7. The van der Waals surface area contributed by atoms with Crippen LogP contribution in [0.1, 0.15) is 133 Å². The Morgan fingerprint density at radius 3 is 2.13 bits per heavy atom. The summed E-state index contributed by atoms with van der Waals surface area (Å²) >= 11 is 0. The number of rotatable bonds is 9. The highest BCUT2D eigenvalue weighted by Crippen LogP contribution is 2.53. The van der Waals surface area contributed by atoms with E-state index in [-0.39, 0.29) is 36.2 Å². The molecule has 276 valence electrons. The summed E-state index contributed by atoms with van der Waals surface area (Å²) in [5.41, 5.74) is 7.61. The van der Waals surface area contributed by atoms with Gasteiger partial charge < -0.3 is 14.4 Å². The van der Waals surface area contributed by atoms with Crippen molar-refractivity contribution >= 4 is 5.95 Å². The number of anilines is 1. The van der Waals surface area contributed by atoms with Crippen LogP contribution in [0.4, 0.5) is 19.1 Å². The highest BCUT2D eigenvalue weighted by atomic mass is 19.3. The smallest absolute Gasteiger partial charge is 0.248 e. The Kier molecular flexibility index (Phi) is 10.4. The Morgan fingerprint density at radius 2 is 1.50 bits per heavy atom. The molecule has 1 saturated carbocycles. The lowest BCUT2D eigenvalue weighted by Crippen LogP contribution is -2.36. The summed E-state index contributed by atoms with van der Waals surface area (Å²) in [6.07, 6.45) is 5.01. The molecule has 2 aromatic heterocycles. The van der Waals surface area contributed by atoms with E-state index in [1.807, 2.05) is 74.8 Å². The van der Waals surface area contributed by atoms with Gasteiger partial charge in [0.15, 0.2) is 6.17 Å². The molecular weight excluding hydrogens is 661 g/mol. The van der Waals surface area contributed by atoms with E-state index >= 15 is 4.39 Å². The van der Waals surface area contributed by atoms with E-state index in [4.69, 9.17) is 14.5 Å². The number of fused-ring (bicyclic) bond motifs is 1. The molecule has 1 saturated heterocycles. The number of nitrogens with zero attached hydrogens (tertiary/aromatic N) is 4. The fraction of sp³-hybridized carbons (Fsp3) is 0.512. The molecule has 2 aliphatic carbocycles. The number of benzene rings is 2. The first-order valence-corrected chi connectivity index (χ1v) is 18.8. The Hall–Kier alpha value is -3.98. The van der Waals surface area contributed by atoms with Crippen LogP contribution in [0.15, 0.2) is 60.9 Å².